The van der Waals surface area contributed by atoms with E-state index in [0.29, 0.717) is 0 Å². The smallest absolute Gasteiger partial charge is 0.322 e. The van der Waals surface area contributed by atoms with Gasteiger partial charge < -0.3 is 20.1 Å². The summed E-state index contributed by atoms with van der Waals surface area (Å²) in [4.78, 5) is 14.6. The molecular weight excluding hydrogens is 464 g/mol. The predicted molar refractivity (Wildman–Crippen MR) is 143 cm³/mol. The van der Waals surface area contributed by atoms with Crippen LogP contribution >= 0.6 is 0 Å². The van der Waals surface area contributed by atoms with Gasteiger partial charge in [0, 0.05) is 5.92 Å². The highest BCUT2D eigenvalue weighted by Gasteiger charge is 2.52. The van der Waals surface area contributed by atoms with Crippen LogP contribution in [0.3, 0.4) is 0 Å². The Hall–Kier alpha value is -3.77. The van der Waals surface area contributed by atoms with Gasteiger partial charge in [0.1, 0.15) is 12.0 Å². The highest BCUT2D eigenvalue weighted by molar-refractivity contribution is 5.90. The van der Waals surface area contributed by atoms with Crippen LogP contribution in [0.2, 0.25) is 0 Å². The third-order valence-electron chi connectivity index (χ3n) is 6.99. The summed E-state index contributed by atoms with van der Waals surface area (Å²) in [6.07, 6.45) is 0. The maximum absolute atomic E-state index is 14.6. The number of rotatable bonds is 11. The molecule has 0 aliphatic rings. The number of benzene rings is 4. The fourth-order valence-corrected chi connectivity index (χ4v) is 4.86. The quantitative estimate of drug-likeness (QED) is 0.269. The van der Waals surface area contributed by atoms with Gasteiger partial charge in [-0.3, -0.25) is 4.79 Å². The van der Waals surface area contributed by atoms with E-state index in [4.69, 9.17) is 4.74 Å². The summed E-state index contributed by atoms with van der Waals surface area (Å²) >= 11 is 0. The van der Waals surface area contributed by atoms with Crippen molar-refractivity contribution in [2.75, 3.05) is 26.4 Å². The Morgan fingerprint density at radius 1 is 0.595 bits per heavy atom. The Morgan fingerprint density at radius 3 is 1.30 bits per heavy atom. The Morgan fingerprint density at radius 2 is 0.946 bits per heavy atom. The number of aliphatic hydroxyl groups excluding tert-OH is 3. The lowest BCUT2D eigenvalue weighted by Crippen LogP contribution is -2.47. The molecular formula is C32H32O5. The SMILES string of the molecule is O=C(OCC(CO)(CO)CO)C(c1ccccc1)(c1ccccc1)C(c1ccccc1)c1ccccc1. The molecule has 0 saturated heterocycles. The number of aliphatic hydroxyl groups is 3. The molecule has 190 valence electrons. The first kappa shape index (κ1) is 26.3. The van der Waals surface area contributed by atoms with Crippen LogP contribution < -0.4 is 0 Å². The first-order valence-corrected chi connectivity index (χ1v) is 12.3. The second-order valence-corrected chi connectivity index (χ2v) is 9.34. The molecule has 37 heavy (non-hydrogen) atoms. The molecule has 4 aromatic carbocycles. The van der Waals surface area contributed by atoms with Gasteiger partial charge in [0.15, 0.2) is 0 Å². The van der Waals surface area contributed by atoms with Crippen molar-refractivity contribution in [1.82, 2.24) is 0 Å². The molecule has 5 heteroatoms. The summed E-state index contributed by atoms with van der Waals surface area (Å²) in [5.41, 5.74) is 0.659. The monoisotopic (exact) mass is 496 g/mol. The van der Waals surface area contributed by atoms with Gasteiger partial charge in [0.05, 0.1) is 25.2 Å². The first-order chi connectivity index (χ1) is 18.1. The van der Waals surface area contributed by atoms with E-state index in [0.717, 1.165) is 22.3 Å². The van der Waals surface area contributed by atoms with E-state index in [9.17, 15) is 20.1 Å². The van der Waals surface area contributed by atoms with Gasteiger partial charge in [0.25, 0.3) is 0 Å². The summed E-state index contributed by atoms with van der Waals surface area (Å²) in [7, 11) is 0. The number of carbonyl (C=O) groups is 1. The average molecular weight is 497 g/mol. The molecule has 0 bridgehead atoms. The van der Waals surface area contributed by atoms with Gasteiger partial charge in [-0.2, -0.15) is 0 Å². The van der Waals surface area contributed by atoms with Crippen molar-refractivity contribution in [3.63, 3.8) is 0 Å². The van der Waals surface area contributed by atoms with Gasteiger partial charge in [-0.15, -0.1) is 0 Å². The second-order valence-electron chi connectivity index (χ2n) is 9.34. The lowest BCUT2D eigenvalue weighted by molar-refractivity contribution is -0.157. The van der Waals surface area contributed by atoms with Gasteiger partial charge >= 0.3 is 5.97 Å². The van der Waals surface area contributed by atoms with Crippen molar-refractivity contribution < 1.29 is 24.9 Å². The van der Waals surface area contributed by atoms with Crippen LogP contribution in [0.1, 0.15) is 28.2 Å². The zero-order valence-corrected chi connectivity index (χ0v) is 20.6. The molecule has 0 radical (unpaired) electrons. The molecule has 0 unspecified atom stereocenters. The lowest BCUT2D eigenvalue weighted by atomic mass is 9.61. The summed E-state index contributed by atoms with van der Waals surface area (Å²) in [6, 6.07) is 38.8. The highest BCUT2D eigenvalue weighted by atomic mass is 16.5. The van der Waals surface area contributed by atoms with Crippen LogP contribution in [-0.2, 0) is 14.9 Å². The van der Waals surface area contributed by atoms with E-state index in [1.54, 1.807) is 0 Å². The van der Waals surface area contributed by atoms with Gasteiger partial charge in [-0.1, -0.05) is 121 Å². The molecule has 4 rings (SSSR count). The molecule has 0 fully saturated rings. The predicted octanol–water partition coefficient (Wildman–Crippen LogP) is 4.31. The van der Waals surface area contributed by atoms with Crippen LogP contribution in [0.15, 0.2) is 121 Å². The topological polar surface area (TPSA) is 87.0 Å². The van der Waals surface area contributed by atoms with E-state index < -0.39 is 42.5 Å². The number of esters is 1. The summed E-state index contributed by atoms with van der Waals surface area (Å²) < 4.78 is 5.96. The molecule has 0 amide bonds. The van der Waals surface area contributed by atoms with Crippen LogP contribution in [0.4, 0.5) is 0 Å². The van der Waals surface area contributed by atoms with Crippen LogP contribution in [-0.4, -0.2) is 47.7 Å². The number of hydrogen-bond donors (Lipinski definition) is 3. The average Bonchev–Trinajstić information content (AvgIpc) is 2.98. The first-order valence-electron chi connectivity index (χ1n) is 12.3. The number of ether oxygens (including phenoxy) is 1. The summed E-state index contributed by atoms with van der Waals surface area (Å²) in [6.45, 7) is -1.93. The van der Waals surface area contributed by atoms with Gasteiger partial charge in [-0.25, -0.2) is 0 Å². The largest absolute Gasteiger partial charge is 0.464 e. The Bertz CT molecular complexity index is 1150. The fourth-order valence-electron chi connectivity index (χ4n) is 4.86. The molecule has 3 N–H and O–H groups in total. The van der Waals surface area contributed by atoms with Crippen molar-refractivity contribution >= 4 is 5.97 Å². The molecule has 0 aromatic heterocycles. The zero-order valence-electron chi connectivity index (χ0n) is 20.6. The number of carbonyl (C=O) groups excluding carboxylic acids is 1. The fraction of sp³-hybridized carbons (Fsp3) is 0.219. The maximum atomic E-state index is 14.6. The highest BCUT2D eigenvalue weighted by Crippen LogP contribution is 2.49. The van der Waals surface area contributed by atoms with Crippen molar-refractivity contribution in [3.05, 3.63) is 144 Å². The van der Waals surface area contributed by atoms with Crippen molar-refractivity contribution in [1.29, 1.82) is 0 Å². The minimum atomic E-state index is -1.36. The van der Waals surface area contributed by atoms with Crippen LogP contribution in [0.25, 0.3) is 0 Å². The minimum absolute atomic E-state index is 0.340. The van der Waals surface area contributed by atoms with Crippen LogP contribution in [0, 0.1) is 5.41 Å². The van der Waals surface area contributed by atoms with E-state index in [2.05, 4.69) is 0 Å². The minimum Gasteiger partial charge on any atom is -0.464 e. The maximum Gasteiger partial charge on any atom is 0.322 e. The van der Waals surface area contributed by atoms with E-state index >= 15 is 0 Å². The normalized spacial score (nSPS) is 11.9. The zero-order chi connectivity index (χ0) is 26.1. The summed E-state index contributed by atoms with van der Waals surface area (Å²) in [5, 5.41) is 29.6. The molecule has 5 nitrogen and oxygen atoms in total. The Labute approximate surface area is 217 Å². The van der Waals surface area contributed by atoms with Crippen molar-refractivity contribution in [2.45, 2.75) is 11.3 Å². The molecule has 0 aliphatic carbocycles. The van der Waals surface area contributed by atoms with E-state index in [-0.39, 0.29) is 6.61 Å². The van der Waals surface area contributed by atoms with Gasteiger partial charge in [-0.05, 0) is 22.3 Å². The third kappa shape index (κ3) is 5.20. The molecule has 0 heterocycles. The molecule has 0 atom stereocenters. The standard InChI is InChI=1S/C32H32O5/c33-21-31(22-34,23-35)24-37-30(36)32(27-17-9-3-10-18-27,28-19-11-4-12-20-28)29(25-13-5-1-6-14-25)26-15-7-2-8-16-26/h1-20,29,33-35H,21-24H2. The third-order valence-corrected chi connectivity index (χ3v) is 6.99. The van der Waals surface area contributed by atoms with Gasteiger partial charge in [0.2, 0.25) is 0 Å². The van der Waals surface area contributed by atoms with E-state index in [1.807, 2.05) is 121 Å². The van der Waals surface area contributed by atoms with E-state index in [1.165, 1.54) is 0 Å². The Balaban J connectivity index is 2.02. The lowest BCUT2D eigenvalue weighted by Gasteiger charge is -2.41. The molecule has 4 aromatic rings. The number of hydrogen-bond acceptors (Lipinski definition) is 5. The molecule has 0 saturated carbocycles. The summed E-state index contributed by atoms with van der Waals surface area (Å²) in [5.74, 6) is -1.01. The van der Waals surface area contributed by atoms with Crippen molar-refractivity contribution in [2.24, 2.45) is 5.41 Å². The second kappa shape index (κ2) is 12.0. The van der Waals surface area contributed by atoms with Crippen molar-refractivity contribution in [3.8, 4) is 0 Å². The Kier molecular flexibility index (Phi) is 8.51. The molecule has 0 aliphatic heterocycles. The molecule has 0 spiro atoms. The van der Waals surface area contributed by atoms with Crippen LogP contribution in [0.5, 0.6) is 0 Å².